The standard InChI is InChI=1S/C15H20N3O/c1-2-6-14-13(5-1)16-15(19-14)17-7-11-18(12-8-17)9-3-4-10-18/h1-2,5-6H,3-4,7-12H2/q+1. The fraction of sp³-hybridized carbons (Fsp3) is 0.533. The minimum absolute atomic E-state index is 0.804. The van der Waals surface area contributed by atoms with Gasteiger partial charge in [0.15, 0.2) is 5.58 Å². The number of anilines is 1. The number of hydrogen-bond donors (Lipinski definition) is 0. The van der Waals surface area contributed by atoms with Crippen molar-refractivity contribution in [3.8, 4) is 0 Å². The average Bonchev–Trinajstić information content (AvgIpc) is 3.06. The molecule has 0 N–H and O–H groups in total. The molecule has 4 heteroatoms. The molecule has 19 heavy (non-hydrogen) atoms. The number of rotatable bonds is 1. The predicted octanol–water partition coefficient (Wildman–Crippen LogP) is 2.26. The Morgan fingerprint density at radius 1 is 1.00 bits per heavy atom. The van der Waals surface area contributed by atoms with Crippen LogP contribution in [-0.2, 0) is 0 Å². The molecule has 0 bridgehead atoms. The van der Waals surface area contributed by atoms with Crippen molar-refractivity contribution in [3.05, 3.63) is 24.3 Å². The lowest BCUT2D eigenvalue weighted by molar-refractivity contribution is -0.917. The van der Waals surface area contributed by atoms with Gasteiger partial charge in [-0.15, -0.1) is 0 Å². The molecule has 0 amide bonds. The van der Waals surface area contributed by atoms with Crippen molar-refractivity contribution in [2.24, 2.45) is 0 Å². The molecule has 0 unspecified atom stereocenters. The summed E-state index contributed by atoms with van der Waals surface area (Å²) >= 11 is 0. The second kappa shape index (κ2) is 4.23. The summed E-state index contributed by atoms with van der Waals surface area (Å²) in [6.07, 6.45) is 2.81. The Balaban J connectivity index is 1.54. The average molecular weight is 258 g/mol. The molecule has 0 radical (unpaired) electrons. The van der Waals surface area contributed by atoms with E-state index in [2.05, 4.69) is 9.88 Å². The minimum atomic E-state index is 0.804. The molecule has 1 spiro atoms. The molecule has 2 aromatic rings. The maximum Gasteiger partial charge on any atom is 0.298 e. The molecule has 4 rings (SSSR count). The molecule has 100 valence electrons. The second-order valence-electron chi connectivity index (χ2n) is 5.89. The van der Waals surface area contributed by atoms with Crippen molar-refractivity contribution in [1.82, 2.24) is 4.98 Å². The Morgan fingerprint density at radius 2 is 1.74 bits per heavy atom. The molecule has 4 nitrogen and oxygen atoms in total. The van der Waals surface area contributed by atoms with Gasteiger partial charge in [-0.1, -0.05) is 12.1 Å². The first kappa shape index (κ1) is 11.3. The topological polar surface area (TPSA) is 29.3 Å². The van der Waals surface area contributed by atoms with Crippen LogP contribution in [0.25, 0.3) is 11.1 Å². The monoisotopic (exact) mass is 258 g/mol. The molecule has 0 atom stereocenters. The van der Waals surface area contributed by atoms with Crippen LogP contribution in [0.5, 0.6) is 0 Å². The summed E-state index contributed by atoms with van der Waals surface area (Å²) in [5.74, 6) is 0. The third kappa shape index (κ3) is 1.91. The van der Waals surface area contributed by atoms with Gasteiger partial charge in [0, 0.05) is 12.8 Å². The van der Waals surface area contributed by atoms with Crippen molar-refractivity contribution >= 4 is 17.1 Å². The Bertz CT molecular complexity index is 543. The van der Waals surface area contributed by atoms with Gasteiger partial charge < -0.3 is 13.8 Å². The summed E-state index contributed by atoms with van der Waals surface area (Å²) in [5, 5.41) is 0. The molecule has 1 aromatic carbocycles. The van der Waals surface area contributed by atoms with E-state index in [0.717, 1.165) is 30.2 Å². The number of oxazole rings is 1. The Morgan fingerprint density at radius 3 is 2.47 bits per heavy atom. The van der Waals surface area contributed by atoms with Crippen LogP contribution < -0.4 is 4.90 Å². The van der Waals surface area contributed by atoms with Crippen LogP contribution in [0.1, 0.15) is 12.8 Å². The van der Waals surface area contributed by atoms with Crippen LogP contribution in [0.2, 0.25) is 0 Å². The lowest BCUT2D eigenvalue weighted by Gasteiger charge is -2.41. The summed E-state index contributed by atoms with van der Waals surface area (Å²) in [4.78, 5) is 6.91. The van der Waals surface area contributed by atoms with Crippen molar-refractivity contribution in [3.63, 3.8) is 0 Å². The van der Waals surface area contributed by atoms with Crippen LogP contribution in [0.15, 0.2) is 28.7 Å². The highest BCUT2D eigenvalue weighted by molar-refractivity contribution is 5.74. The number of fused-ring (bicyclic) bond motifs is 1. The zero-order valence-electron chi connectivity index (χ0n) is 11.2. The molecule has 1 aromatic heterocycles. The molecular formula is C15H20N3O+. The zero-order valence-corrected chi connectivity index (χ0v) is 11.2. The van der Waals surface area contributed by atoms with Crippen molar-refractivity contribution in [2.45, 2.75) is 12.8 Å². The lowest BCUT2D eigenvalue weighted by atomic mass is 10.3. The maximum absolute atomic E-state index is 5.87. The molecule has 3 heterocycles. The number of para-hydroxylation sites is 2. The largest absolute Gasteiger partial charge is 0.423 e. The highest BCUT2D eigenvalue weighted by Gasteiger charge is 2.36. The van der Waals surface area contributed by atoms with Gasteiger partial charge in [-0.3, -0.25) is 0 Å². The summed E-state index contributed by atoms with van der Waals surface area (Å²) in [6.45, 7) is 7.40. The van der Waals surface area contributed by atoms with E-state index in [1.807, 2.05) is 24.3 Å². The second-order valence-corrected chi connectivity index (χ2v) is 5.89. The van der Waals surface area contributed by atoms with Gasteiger partial charge >= 0.3 is 0 Å². The van der Waals surface area contributed by atoms with Crippen LogP contribution in [0, 0.1) is 0 Å². The van der Waals surface area contributed by atoms with Crippen molar-refractivity contribution in [2.75, 3.05) is 44.2 Å². The van der Waals surface area contributed by atoms with E-state index >= 15 is 0 Å². The van der Waals surface area contributed by atoms with E-state index in [1.165, 1.54) is 43.5 Å². The van der Waals surface area contributed by atoms with Crippen molar-refractivity contribution in [1.29, 1.82) is 0 Å². The van der Waals surface area contributed by atoms with Gasteiger partial charge in [0.05, 0.1) is 39.3 Å². The number of aromatic nitrogens is 1. The number of piperazine rings is 1. The molecule has 0 aliphatic carbocycles. The molecule has 2 aliphatic rings. The summed E-state index contributed by atoms with van der Waals surface area (Å²) in [6, 6.07) is 8.82. The molecular weight excluding hydrogens is 238 g/mol. The molecule has 2 saturated heterocycles. The highest BCUT2D eigenvalue weighted by Crippen LogP contribution is 2.26. The first-order chi connectivity index (χ1) is 9.35. The summed E-state index contributed by atoms with van der Waals surface area (Å²) in [7, 11) is 0. The molecule has 2 aliphatic heterocycles. The quantitative estimate of drug-likeness (QED) is 0.735. The third-order valence-electron chi connectivity index (χ3n) is 4.76. The van der Waals surface area contributed by atoms with Gasteiger partial charge in [-0.2, -0.15) is 4.98 Å². The van der Waals surface area contributed by atoms with E-state index in [1.54, 1.807) is 0 Å². The van der Waals surface area contributed by atoms with Crippen LogP contribution >= 0.6 is 0 Å². The first-order valence-corrected chi connectivity index (χ1v) is 7.30. The summed E-state index contributed by atoms with van der Waals surface area (Å²) in [5.41, 5.74) is 1.86. The number of quaternary nitrogens is 1. The van der Waals surface area contributed by atoms with Gasteiger partial charge in [0.2, 0.25) is 0 Å². The van der Waals surface area contributed by atoms with Gasteiger partial charge in [0.25, 0.3) is 6.01 Å². The lowest BCUT2D eigenvalue weighted by Crippen LogP contribution is -2.58. The zero-order chi connectivity index (χ0) is 12.7. The van der Waals surface area contributed by atoms with Crippen LogP contribution in [0.3, 0.4) is 0 Å². The fourth-order valence-electron chi connectivity index (χ4n) is 3.53. The third-order valence-corrected chi connectivity index (χ3v) is 4.76. The van der Waals surface area contributed by atoms with Crippen LogP contribution in [-0.4, -0.2) is 48.7 Å². The fourth-order valence-corrected chi connectivity index (χ4v) is 3.53. The first-order valence-electron chi connectivity index (χ1n) is 7.30. The molecule has 0 saturated carbocycles. The van der Waals surface area contributed by atoms with Gasteiger partial charge in [-0.05, 0) is 12.1 Å². The number of hydrogen-bond acceptors (Lipinski definition) is 3. The van der Waals surface area contributed by atoms with Crippen LogP contribution in [0.4, 0.5) is 6.01 Å². The van der Waals surface area contributed by atoms with E-state index in [4.69, 9.17) is 4.42 Å². The van der Waals surface area contributed by atoms with Crippen molar-refractivity contribution < 1.29 is 8.90 Å². The molecule has 2 fully saturated rings. The SMILES string of the molecule is c1ccc2oc(N3CC[N+]4(CCCC4)CC3)nc2c1. The Kier molecular flexibility index (Phi) is 2.52. The number of nitrogens with zero attached hydrogens (tertiary/aromatic N) is 3. The predicted molar refractivity (Wildman–Crippen MR) is 75.2 cm³/mol. The smallest absolute Gasteiger partial charge is 0.298 e. The van der Waals surface area contributed by atoms with E-state index in [9.17, 15) is 0 Å². The van der Waals surface area contributed by atoms with E-state index < -0.39 is 0 Å². The van der Waals surface area contributed by atoms with E-state index in [-0.39, 0.29) is 0 Å². The van der Waals surface area contributed by atoms with Gasteiger partial charge in [-0.25, -0.2) is 0 Å². The minimum Gasteiger partial charge on any atom is -0.423 e. The highest BCUT2D eigenvalue weighted by atomic mass is 16.4. The maximum atomic E-state index is 5.87. The summed E-state index contributed by atoms with van der Waals surface area (Å²) < 4.78 is 7.20. The Labute approximate surface area is 113 Å². The number of benzene rings is 1. The van der Waals surface area contributed by atoms with Gasteiger partial charge in [0.1, 0.15) is 5.52 Å². The normalized spacial score (nSPS) is 22.4. The van der Waals surface area contributed by atoms with E-state index in [0.29, 0.717) is 0 Å². The Hall–Kier alpha value is -1.55.